The van der Waals surface area contributed by atoms with Gasteiger partial charge in [0.15, 0.2) is 0 Å². The summed E-state index contributed by atoms with van der Waals surface area (Å²) in [6.07, 6.45) is 2.60. The summed E-state index contributed by atoms with van der Waals surface area (Å²) in [7, 11) is 0. The van der Waals surface area contributed by atoms with E-state index in [1.165, 1.54) is 19.4 Å². The molecular weight excluding hydrogens is 152 g/mol. The summed E-state index contributed by atoms with van der Waals surface area (Å²) >= 11 is 0. The molecule has 0 amide bonds. The molecule has 1 radical (unpaired) electrons. The van der Waals surface area contributed by atoms with Crippen LogP contribution in [0.5, 0.6) is 0 Å². The number of morpholine rings is 1. The maximum Gasteiger partial charge on any atom is 0.0594 e. The smallest absolute Gasteiger partial charge is 0.0594 e. The topological polar surface area (TPSA) is 26.6 Å². The van der Waals surface area contributed by atoms with Crippen molar-refractivity contribution in [3.8, 4) is 0 Å². The van der Waals surface area contributed by atoms with Crippen molar-refractivity contribution >= 4 is 0 Å². The first-order chi connectivity index (χ1) is 5.95. The van der Waals surface area contributed by atoms with Crippen LogP contribution < -0.4 is 5.32 Å². The molecule has 3 heteroatoms. The molecule has 0 aromatic carbocycles. The van der Waals surface area contributed by atoms with Gasteiger partial charge in [0.2, 0.25) is 0 Å². The van der Waals surface area contributed by atoms with Crippen LogP contribution in [-0.4, -0.2) is 50.3 Å². The van der Waals surface area contributed by atoms with E-state index in [1.807, 2.05) is 0 Å². The Bertz CT molecular complexity index is 128. The molecule has 12 heavy (non-hydrogen) atoms. The first kappa shape index (κ1) is 8.48. The number of hydrogen-bond donors (Lipinski definition) is 0. The lowest BCUT2D eigenvalue weighted by Crippen LogP contribution is -2.42. The van der Waals surface area contributed by atoms with Gasteiger partial charge in [-0.05, 0) is 12.8 Å². The van der Waals surface area contributed by atoms with Gasteiger partial charge in [-0.15, -0.1) is 0 Å². The predicted molar refractivity (Wildman–Crippen MR) is 47.3 cm³/mol. The van der Waals surface area contributed by atoms with E-state index in [9.17, 15) is 0 Å². The number of hydrogen-bond acceptors (Lipinski definition) is 2. The molecule has 0 aromatic rings. The zero-order chi connectivity index (χ0) is 8.23. The minimum absolute atomic E-state index is 0.628. The molecule has 0 aromatic heterocycles. The summed E-state index contributed by atoms with van der Waals surface area (Å²) in [4.78, 5) is 2.48. The van der Waals surface area contributed by atoms with Crippen LogP contribution in [0.2, 0.25) is 0 Å². The van der Waals surface area contributed by atoms with Gasteiger partial charge >= 0.3 is 0 Å². The summed E-state index contributed by atoms with van der Waals surface area (Å²) in [6, 6.07) is 0.628. The quantitative estimate of drug-likeness (QED) is 0.585. The van der Waals surface area contributed by atoms with Crippen molar-refractivity contribution < 1.29 is 4.74 Å². The van der Waals surface area contributed by atoms with Gasteiger partial charge in [0.1, 0.15) is 0 Å². The summed E-state index contributed by atoms with van der Waals surface area (Å²) in [5, 5.41) is 4.55. The van der Waals surface area contributed by atoms with E-state index in [-0.39, 0.29) is 0 Å². The molecule has 2 saturated heterocycles. The molecular formula is C9H17N2O. The van der Waals surface area contributed by atoms with Gasteiger partial charge in [0, 0.05) is 32.2 Å². The van der Waals surface area contributed by atoms with Crippen molar-refractivity contribution in [2.45, 2.75) is 18.9 Å². The fourth-order valence-corrected chi connectivity index (χ4v) is 1.92. The first-order valence-corrected chi connectivity index (χ1v) is 4.92. The average molecular weight is 169 g/mol. The van der Waals surface area contributed by atoms with Crippen LogP contribution in [0.4, 0.5) is 0 Å². The van der Waals surface area contributed by atoms with Crippen LogP contribution in [0, 0.1) is 0 Å². The minimum atomic E-state index is 0.628. The van der Waals surface area contributed by atoms with Crippen LogP contribution in [0.1, 0.15) is 12.8 Å². The molecule has 1 atom stereocenters. The normalized spacial score (nSPS) is 32.5. The Hall–Kier alpha value is -0.120. The first-order valence-electron chi connectivity index (χ1n) is 4.92. The zero-order valence-corrected chi connectivity index (χ0v) is 7.54. The van der Waals surface area contributed by atoms with Crippen molar-refractivity contribution in [1.29, 1.82) is 0 Å². The van der Waals surface area contributed by atoms with Crippen LogP contribution in [0.25, 0.3) is 0 Å². The second-order valence-corrected chi connectivity index (χ2v) is 3.62. The standard InChI is InChI=1S/C9H17N2O/c1-2-9(10-3-1)8-11-4-6-12-7-5-11/h9H,1-8H2/t9-/m0/s1. The molecule has 0 aliphatic carbocycles. The molecule has 69 valence electrons. The van der Waals surface area contributed by atoms with Crippen molar-refractivity contribution in [3.63, 3.8) is 0 Å². The van der Waals surface area contributed by atoms with E-state index in [2.05, 4.69) is 10.2 Å². The highest BCUT2D eigenvalue weighted by molar-refractivity contribution is 4.78. The van der Waals surface area contributed by atoms with Crippen LogP contribution >= 0.6 is 0 Å². The third-order valence-electron chi connectivity index (χ3n) is 2.66. The van der Waals surface area contributed by atoms with Gasteiger partial charge in [-0.2, -0.15) is 0 Å². The third-order valence-corrected chi connectivity index (χ3v) is 2.66. The third kappa shape index (κ3) is 2.19. The molecule has 0 spiro atoms. The Morgan fingerprint density at radius 3 is 2.83 bits per heavy atom. The molecule has 0 bridgehead atoms. The fraction of sp³-hybridized carbons (Fsp3) is 1.00. The van der Waals surface area contributed by atoms with Crippen molar-refractivity contribution in [2.75, 3.05) is 39.4 Å². The molecule has 0 saturated carbocycles. The highest BCUT2D eigenvalue weighted by Gasteiger charge is 2.20. The van der Waals surface area contributed by atoms with Gasteiger partial charge in [-0.3, -0.25) is 4.90 Å². The maximum absolute atomic E-state index is 5.29. The monoisotopic (exact) mass is 169 g/mol. The summed E-state index contributed by atoms with van der Waals surface area (Å²) in [6.45, 7) is 6.29. The molecule has 2 aliphatic rings. The van der Waals surface area contributed by atoms with E-state index < -0.39 is 0 Å². The SMILES string of the molecule is C1C[N][C@H](CN2CCOCC2)C1. The van der Waals surface area contributed by atoms with Crippen molar-refractivity contribution in [3.05, 3.63) is 0 Å². The van der Waals surface area contributed by atoms with Gasteiger partial charge < -0.3 is 4.74 Å². The maximum atomic E-state index is 5.29. The Morgan fingerprint density at radius 2 is 2.17 bits per heavy atom. The number of rotatable bonds is 2. The van der Waals surface area contributed by atoms with E-state index in [1.54, 1.807) is 0 Å². The lowest BCUT2D eigenvalue weighted by Gasteiger charge is -2.28. The molecule has 2 heterocycles. The Balaban J connectivity index is 1.69. The highest BCUT2D eigenvalue weighted by atomic mass is 16.5. The molecule has 2 fully saturated rings. The van der Waals surface area contributed by atoms with E-state index in [4.69, 9.17) is 4.74 Å². The molecule has 0 N–H and O–H groups in total. The Morgan fingerprint density at radius 1 is 1.33 bits per heavy atom. The van der Waals surface area contributed by atoms with Crippen molar-refractivity contribution in [2.24, 2.45) is 0 Å². The lowest BCUT2D eigenvalue weighted by molar-refractivity contribution is 0.0343. The van der Waals surface area contributed by atoms with Crippen LogP contribution in [0.3, 0.4) is 0 Å². The molecule has 2 aliphatic heterocycles. The lowest BCUT2D eigenvalue weighted by atomic mass is 10.2. The zero-order valence-electron chi connectivity index (χ0n) is 7.54. The Labute approximate surface area is 74.1 Å². The highest BCUT2D eigenvalue weighted by Crippen LogP contribution is 2.09. The van der Waals surface area contributed by atoms with E-state index >= 15 is 0 Å². The summed E-state index contributed by atoms with van der Waals surface area (Å²) in [5.41, 5.74) is 0. The Kier molecular flexibility index (Phi) is 2.98. The number of ether oxygens (including phenoxy) is 1. The van der Waals surface area contributed by atoms with Gasteiger partial charge in [-0.1, -0.05) is 0 Å². The second-order valence-electron chi connectivity index (χ2n) is 3.62. The van der Waals surface area contributed by atoms with E-state index in [0.29, 0.717) is 6.04 Å². The molecule has 3 nitrogen and oxygen atoms in total. The minimum Gasteiger partial charge on any atom is -0.379 e. The largest absolute Gasteiger partial charge is 0.379 e. The summed E-state index contributed by atoms with van der Waals surface area (Å²) < 4.78 is 5.29. The van der Waals surface area contributed by atoms with Gasteiger partial charge in [0.05, 0.1) is 13.2 Å². The van der Waals surface area contributed by atoms with Gasteiger partial charge in [0.25, 0.3) is 0 Å². The summed E-state index contributed by atoms with van der Waals surface area (Å²) in [5.74, 6) is 0. The fourth-order valence-electron chi connectivity index (χ4n) is 1.92. The van der Waals surface area contributed by atoms with Crippen LogP contribution in [-0.2, 0) is 4.74 Å². The number of nitrogens with zero attached hydrogens (tertiary/aromatic N) is 2. The van der Waals surface area contributed by atoms with E-state index in [0.717, 1.165) is 32.8 Å². The molecule has 0 unspecified atom stereocenters. The predicted octanol–water partition coefficient (Wildman–Crippen LogP) is 0.0854. The van der Waals surface area contributed by atoms with Gasteiger partial charge in [-0.25, -0.2) is 5.32 Å². The molecule has 2 rings (SSSR count). The average Bonchev–Trinajstić information content (AvgIpc) is 2.59. The second kappa shape index (κ2) is 4.21. The van der Waals surface area contributed by atoms with Crippen LogP contribution in [0.15, 0.2) is 0 Å². The van der Waals surface area contributed by atoms with Crippen molar-refractivity contribution in [1.82, 2.24) is 10.2 Å².